The highest BCUT2D eigenvalue weighted by molar-refractivity contribution is 5.89. The molecule has 1 aliphatic carbocycles. The zero-order valence-electron chi connectivity index (χ0n) is 21.2. The van der Waals surface area contributed by atoms with Gasteiger partial charge >= 0.3 is 11.9 Å². The van der Waals surface area contributed by atoms with Gasteiger partial charge < -0.3 is 9.47 Å². The molecule has 35 heavy (non-hydrogen) atoms. The highest BCUT2D eigenvalue weighted by atomic mass is 16.6. The molecule has 0 amide bonds. The van der Waals surface area contributed by atoms with Gasteiger partial charge in [-0.25, -0.2) is 0 Å². The van der Waals surface area contributed by atoms with Crippen molar-refractivity contribution in [3.63, 3.8) is 0 Å². The van der Waals surface area contributed by atoms with Gasteiger partial charge in [0.15, 0.2) is 0 Å². The number of nitrogens with one attached hydrogen (secondary N) is 1. The third-order valence-corrected chi connectivity index (χ3v) is 6.60. The van der Waals surface area contributed by atoms with E-state index >= 15 is 0 Å². The van der Waals surface area contributed by atoms with Gasteiger partial charge in [-0.1, -0.05) is 78.9 Å². The van der Waals surface area contributed by atoms with E-state index in [0.717, 1.165) is 27.8 Å². The van der Waals surface area contributed by atoms with Crippen molar-refractivity contribution in [1.29, 1.82) is 0 Å². The summed E-state index contributed by atoms with van der Waals surface area (Å²) in [5.41, 5.74) is 2.33. The van der Waals surface area contributed by atoms with Crippen LogP contribution in [0.4, 0.5) is 0 Å². The number of carbonyl (C=O) groups is 2. The lowest BCUT2D eigenvalue weighted by Crippen LogP contribution is -2.60. The Labute approximate surface area is 207 Å². The second kappa shape index (κ2) is 8.97. The van der Waals surface area contributed by atoms with Gasteiger partial charge in [-0.05, 0) is 62.4 Å². The highest BCUT2D eigenvalue weighted by Gasteiger charge is 2.52. The molecule has 0 saturated heterocycles. The Morgan fingerprint density at radius 1 is 0.771 bits per heavy atom. The number of hydrogen-bond donors (Lipinski definition) is 1. The number of rotatable bonds is 6. The fourth-order valence-electron chi connectivity index (χ4n) is 4.97. The number of fused-ring (bicyclic) bond motifs is 3. The molecule has 182 valence electrons. The molecule has 0 spiro atoms. The lowest BCUT2D eigenvalue weighted by atomic mass is 9.76. The standard InChI is InChI=1S/C30H33NO4/c1-28(2,3)35-26(32)25(29(4,5)27(33)34-6)31-30(20-14-8-7-9-15-20)23-18-12-10-16-21(23)22-17-11-13-19-24(22)30/h7-19,25,31H,1-6H3/t25-/m0/s1. The first-order chi connectivity index (χ1) is 16.5. The third kappa shape index (κ3) is 4.25. The van der Waals surface area contributed by atoms with E-state index in [2.05, 4.69) is 29.6 Å². The van der Waals surface area contributed by atoms with Crippen molar-refractivity contribution in [2.24, 2.45) is 5.41 Å². The van der Waals surface area contributed by atoms with Crippen molar-refractivity contribution in [3.05, 3.63) is 95.6 Å². The summed E-state index contributed by atoms with van der Waals surface area (Å²) in [6.45, 7) is 8.89. The normalized spacial score (nSPS) is 15.0. The molecule has 0 aromatic heterocycles. The molecular weight excluding hydrogens is 438 g/mol. The van der Waals surface area contributed by atoms with Gasteiger partial charge in [0.05, 0.1) is 18.1 Å². The predicted molar refractivity (Wildman–Crippen MR) is 137 cm³/mol. The average Bonchev–Trinajstić information content (AvgIpc) is 3.12. The van der Waals surface area contributed by atoms with Crippen molar-refractivity contribution in [3.8, 4) is 11.1 Å². The van der Waals surface area contributed by atoms with Gasteiger partial charge in [0, 0.05) is 0 Å². The second-order valence-corrected chi connectivity index (χ2v) is 10.5. The molecular formula is C30H33NO4. The summed E-state index contributed by atoms with van der Waals surface area (Å²) in [6, 6.07) is 25.4. The Kier molecular flexibility index (Phi) is 6.32. The maximum Gasteiger partial charge on any atom is 0.324 e. The van der Waals surface area contributed by atoms with Crippen LogP contribution in [0.2, 0.25) is 0 Å². The van der Waals surface area contributed by atoms with E-state index in [-0.39, 0.29) is 0 Å². The van der Waals surface area contributed by atoms with Gasteiger partial charge in [-0.3, -0.25) is 14.9 Å². The first kappa shape index (κ1) is 24.7. The largest absolute Gasteiger partial charge is 0.469 e. The van der Waals surface area contributed by atoms with Crippen LogP contribution in [-0.4, -0.2) is 30.7 Å². The second-order valence-electron chi connectivity index (χ2n) is 10.5. The molecule has 5 nitrogen and oxygen atoms in total. The summed E-state index contributed by atoms with van der Waals surface area (Å²) in [5, 5.41) is 3.66. The molecule has 1 N–H and O–H groups in total. The van der Waals surface area contributed by atoms with Crippen LogP contribution < -0.4 is 5.32 Å². The Morgan fingerprint density at radius 3 is 1.74 bits per heavy atom. The molecule has 4 rings (SSSR count). The average molecular weight is 472 g/mol. The van der Waals surface area contributed by atoms with Crippen LogP contribution in [0.15, 0.2) is 78.9 Å². The van der Waals surface area contributed by atoms with E-state index in [0.29, 0.717) is 0 Å². The van der Waals surface area contributed by atoms with Crippen LogP contribution in [-0.2, 0) is 24.6 Å². The SMILES string of the molecule is COC(=O)C(C)(C)[C@@H](NC1(c2ccccc2)c2ccccc2-c2ccccc21)C(=O)OC(C)(C)C. The van der Waals surface area contributed by atoms with E-state index in [4.69, 9.17) is 9.47 Å². The summed E-state index contributed by atoms with van der Waals surface area (Å²) >= 11 is 0. The van der Waals surface area contributed by atoms with Crippen molar-refractivity contribution in [2.75, 3.05) is 7.11 Å². The minimum atomic E-state index is -1.22. The highest BCUT2D eigenvalue weighted by Crippen LogP contribution is 2.51. The Bertz CT molecular complexity index is 1190. The van der Waals surface area contributed by atoms with Crippen LogP contribution in [0, 0.1) is 5.41 Å². The fourth-order valence-corrected chi connectivity index (χ4v) is 4.97. The van der Waals surface area contributed by atoms with Gasteiger partial charge in [0.1, 0.15) is 11.6 Å². The number of esters is 2. The molecule has 0 fully saturated rings. The van der Waals surface area contributed by atoms with Gasteiger partial charge in [0.25, 0.3) is 0 Å². The fraction of sp³-hybridized carbons (Fsp3) is 0.333. The molecule has 0 heterocycles. The molecule has 3 aromatic rings. The third-order valence-electron chi connectivity index (χ3n) is 6.60. The predicted octanol–water partition coefficient (Wildman–Crippen LogP) is 5.46. The van der Waals surface area contributed by atoms with Crippen LogP contribution in [0.5, 0.6) is 0 Å². The summed E-state index contributed by atoms with van der Waals surface area (Å²) in [6.07, 6.45) is 0. The van der Waals surface area contributed by atoms with Crippen molar-refractivity contribution < 1.29 is 19.1 Å². The summed E-state index contributed by atoms with van der Waals surface area (Å²) in [7, 11) is 1.34. The number of carbonyl (C=O) groups excluding carboxylic acids is 2. The molecule has 3 aromatic carbocycles. The molecule has 1 aliphatic rings. The van der Waals surface area contributed by atoms with Crippen molar-refractivity contribution in [1.82, 2.24) is 5.32 Å². The minimum Gasteiger partial charge on any atom is -0.469 e. The quantitative estimate of drug-likeness (QED) is 0.484. The number of methoxy groups -OCH3 is 1. The summed E-state index contributed by atoms with van der Waals surface area (Å²) < 4.78 is 11.0. The van der Waals surface area contributed by atoms with E-state index < -0.39 is 34.5 Å². The summed E-state index contributed by atoms with van der Waals surface area (Å²) in [4.78, 5) is 26.7. The number of benzene rings is 3. The van der Waals surface area contributed by atoms with Gasteiger partial charge in [0.2, 0.25) is 0 Å². The molecule has 0 aliphatic heterocycles. The molecule has 0 bridgehead atoms. The van der Waals surface area contributed by atoms with E-state index in [1.54, 1.807) is 13.8 Å². The van der Waals surface area contributed by atoms with E-state index in [1.807, 2.05) is 75.4 Å². The van der Waals surface area contributed by atoms with Crippen molar-refractivity contribution in [2.45, 2.75) is 51.8 Å². The first-order valence-corrected chi connectivity index (χ1v) is 11.9. The molecule has 0 saturated carbocycles. The number of hydrogen-bond acceptors (Lipinski definition) is 5. The zero-order valence-corrected chi connectivity index (χ0v) is 21.2. The monoisotopic (exact) mass is 471 g/mol. The van der Waals surface area contributed by atoms with Gasteiger partial charge in [-0.2, -0.15) is 0 Å². The van der Waals surface area contributed by atoms with Crippen LogP contribution in [0.1, 0.15) is 51.3 Å². The lowest BCUT2D eigenvalue weighted by molar-refractivity contribution is -0.169. The van der Waals surface area contributed by atoms with Crippen LogP contribution in [0.25, 0.3) is 11.1 Å². The summed E-state index contributed by atoms with van der Waals surface area (Å²) in [5.74, 6) is -1.01. The Balaban J connectivity index is 1.99. The first-order valence-electron chi connectivity index (χ1n) is 11.9. The maximum atomic E-state index is 13.7. The minimum absolute atomic E-state index is 0.497. The van der Waals surface area contributed by atoms with E-state index in [9.17, 15) is 9.59 Å². The lowest BCUT2D eigenvalue weighted by Gasteiger charge is -2.42. The smallest absolute Gasteiger partial charge is 0.324 e. The van der Waals surface area contributed by atoms with Crippen LogP contribution >= 0.6 is 0 Å². The maximum absolute atomic E-state index is 13.7. The molecule has 0 radical (unpaired) electrons. The topological polar surface area (TPSA) is 64.6 Å². The Morgan fingerprint density at radius 2 is 1.26 bits per heavy atom. The van der Waals surface area contributed by atoms with Crippen LogP contribution in [0.3, 0.4) is 0 Å². The molecule has 5 heteroatoms. The van der Waals surface area contributed by atoms with Crippen molar-refractivity contribution >= 4 is 11.9 Å². The Hall–Kier alpha value is -3.44. The van der Waals surface area contributed by atoms with E-state index in [1.165, 1.54) is 7.11 Å². The van der Waals surface area contributed by atoms with Gasteiger partial charge in [-0.15, -0.1) is 0 Å². The zero-order chi connectivity index (χ0) is 25.4. The molecule has 0 unspecified atom stereocenters. The molecule has 1 atom stereocenters. The number of ether oxygens (including phenoxy) is 2.